The van der Waals surface area contributed by atoms with Crippen molar-refractivity contribution < 1.29 is 4.74 Å². The zero-order chi connectivity index (χ0) is 11.0. The summed E-state index contributed by atoms with van der Waals surface area (Å²) in [6.45, 7) is 14.3. The predicted octanol–water partition coefficient (Wildman–Crippen LogP) is 3.70. The molecule has 1 aromatic carbocycles. The molecule has 0 N–H and O–H groups in total. The first kappa shape index (κ1) is 9.78. The highest BCUT2D eigenvalue weighted by atomic mass is 16.5. The Labute approximate surface area is 90.4 Å². The van der Waals surface area contributed by atoms with Crippen LogP contribution in [0.1, 0.15) is 22.3 Å². The van der Waals surface area contributed by atoms with Crippen molar-refractivity contribution in [1.29, 1.82) is 0 Å². The second kappa shape index (κ2) is 3.43. The van der Waals surface area contributed by atoms with Gasteiger partial charge >= 0.3 is 0 Å². The third-order valence-corrected chi connectivity index (χ3v) is 2.88. The highest BCUT2D eigenvalue weighted by molar-refractivity contribution is 5.77. The van der Waals surface area contributed by atoms with Crippen LogP contribution in [0, 0.1) is 6.92 Å². The number of benzene rings is 1. The van der Waals surface area contributed by atoms with Crippen LogP contribution < -0.4 is 0 Å². The molecule has 2 rings (SSSR count). The molecule has 15 heavy (non-hydrogen) atoms. The van der Waals surface area contributed by atoms with Crippen molar-refractivity contribution in [3.8, 4) is 0 Å². The minimum atomic E-state index is 0.623. The maximum Gasteiger partial charge on any atom is 0.120 e. The molecule has 0 unspecified atom stereocenters. The van der Waals surface area contributed by atoms with E-state index in [1.165, 1.54) is 11.1 Å². The second-order valence-corrected chi connectivity index (χ2v) is 3.71. The van der Waals surface area contributed by atoms with E-state index in [-0.39, 0.29) is 0 Å². The van der Waals surface area contributed by atoms with E-state index < -0.39 is 0 Å². The minimum Gasteiger partial charge on any atom is -0.489 e. The maximum atomic E-state index is 5.42. The molecule has 0 saturated heterocycles. The monoisotopic (exact) mass is 198 g/mol. The van der Waals surface area contributed by atoms with Crippen LogP contribution in [0.5, 0.6) is 0 Å². The summed E-state index contributed by atoms with van der Waals surface area (Å²) in [4.78, 5) is 0. The van der Waals surface area contributed by atoms with Gasteiger partial charge in [-0.1, -0.05) is 37.9 Å². The van der Waals surface area contributed by atoms with Crippen LogP contribution in [-0.2, 0) is 11.3 Å². The lowest BCUT2D eigenvalue weighted by molar-refractivity contribution is 0.286. The SMILES string of the molecule is C=CC(=C)c1ccc2c(c1C)COC2=C. The van der Waals surface area contributed by atoms with E-state index >= 15 is 0 Å². The highest BCUT2D eigenvalue weighted by Crippen LogP contribution is 2.34. The summed E-state index contributed by atoms with van der Waals surface area (Å²) in [5.74, 6) is 0.767. The molecule has 1 heteroatoms. The van der Waals surface area contributed by atoms with Crippen LogP contribution in [-0.4, -0.2) is 0 Å². The van der Waals surface area contributed by atoms with Crippen molar-refractivity contribution in [2.75, 3.05) is 0 Å². The van der Waals surface area contributed by atoms with E-state index in [9.17, 15) is 0 Å². The van der Waals surface area contributed by atoms with Crippen LogP contribution in [0.2, 0.25) is 0 Å². The molecule has 0 bridgehead atoms. The fourth-order valence-electron chi connectivity index (χ4n) is 1.90. The Morgan fingerprint density at radius 1 is 1.47 bits per heavy atom. The Morgan fingerprint density at radius 2 is 2.20 bits per heavy atom. The molecule has 1 nitrogen and oxygen atoms in total. The smallest absolute Gasteiger partial charge is 0.120 e. The van der Waals surface area contributed by atoms with E-state index in [0.717, 1.165) is 22.5 Å². The summed E-state index contributed by atoms with van der Waals surface area (Å²) >= 11 is 0. The summed E-state index contributed by atoms with van der Waals surface area (Å²) in [6, 6.07) is 4.10. The molecule has 0 saturated carbocycles. The van der Waals surface area contributed by atoms with Crippen LogP contribution in [0.25, 0.3) is 11.3 Å². The Kier molecular flexibility index (Phi) is 2.24. The summed E-state index contributed by atoms with van der Waals surface area (Å²) in [5.41, 5.74) is 5.65. The molecule has 76 valence electrons. The first-order valence-corrected chi connectivity index (χ1v) is 4.91. The zero-order valence-corrected chi connectivity index (χ0v) is 8.97. The molecule has 0 fully saturated rings. The van der Waals surface area contributed by atoms with E-state index in [2.05, 4.69) is 32.7 Å². The molecule has 0 radical (unpaired) electrons. The fourth-order valence-corrected chi connectivity index (χ4v) is 1.90. The van der Waals surface area contributed by atoms with Crippen molar-refractivity contribution in [2.45, 2.75) is 13.5 Å². The molecule has 0 spiro atoms. The largest absolute Gasteiger partial charge is 0.489 e. The van der Waals surface area contributed by atoms with Gasteiger partial charge in [0.1, 0.15) is 12.4 Å². The number of allylic oxidation sites excluding steroid dienone is 2. The quantitative estimate of drug-likeness (QED) is 0.658. The topological polar surface area (TPSA) is 9.23 Å². The highest BCUT2D eigenvalue weighted by Gasteiger charge is 2.19. The summed E-state index contributed by atoms with van der Waals surface area (Å²) in [7, 11) is 0. The van der Waals surface area contributed by atoms with Crippen molar-refractivity contribution in [2.24, 2.45) is 0 Å². The normalized spacial score (nSPS) is 13.3. The van der Waals surface area contributed by atoms with E-state index in [0.29, 0.717) is 6.61 Å². The Balaban J connectivity index is 2.60. The summed E-state index contributed by atoms with van der Waals surface area (Å²) in [5, 5.41) is 0. The lowest BCUT2D eigenvalue weighted by Crippen LogP contribution is -1.93. The third-order valence-electron chi connectivity index (χ3n) is 2.88. The van der Waals surface area contributed by atoms with E-state index in [4.69, 9.17) is 4.74 Å². The van der Waals surface area contributed by atoms with Gasteiger partial charge in [0.2, 0.25) is 0 Å². The van der Waals surface area contributed by atoms with E-state index in [1.54, 1.807) is 6.08 Å². The van der Waals surface area contributed by atoms with Gasteiger partial charge in [-0.3, -0.25) is 0 Å². The van der Waals surface area contributed by atoms with E-state index in [1.807, 2.05) is 6.07 Å². The minimum absolute atomic E-state index is 0.623. The first-order valence-electron chi connectivity index (χ1n) is 4.91. The average molecular weight is 198 g/mol. The van der Waals surface area contributed by atoms with Gasteiger partial charge in [0.15, 0.2) is 0 Å². The Morgan fingerprint density at radius 3 is 2.87 bits per heavy atom. The van der Waals surface area contributed by atoms with Crippen LogP contribution in [0.15, 0.2) is 37.9 Å². The van der Waals surface area contributed by atoms with Gasteiger partial charge in [0, 0.05) is 11.1 Å². The standard InChI is InChI=1S/C14H14O/c1-5-9(2)12-6-7-13-11(4)15-8-14(13)10(12)3/h5-7H,1-2,4,8H2,3H3. The number of hydrogen-bond donors (Lipinski definition) is 0. The number of fused-ring (bicyclic) bond motifs is 1. The predicted molar refractivity (Wildman–Crippen MR) is 64.2 cm³/mol. The second-order valence-electron chi connectivity index (χ2n) is 3.71. The molecule has 0 atom stereocenters. The summed E-state index contributed by atoms with van der Waals surface area (Å²) < 4.78 is 5.42. The molecule has 0 aliphatic carbocycles. The molecule has 1 aliphatic heterocycles. The number of ether oxygens (including phenoxy) is 1. The lowest BCUT2D eigenvalue weighted by Gasteiger charge is -2.09. The Bertz CT molecular complexity index is 466. The molecular weight excluding hydrogens is 184 g/mol. The molecule has 1 heterocycles. The molecule has 0 amide bonds. The van der Waals surface area contributed by atoms with Gasteiger partial charge in [-0.15, -0.1) is 0 Å². The first-order chi connectivity index (χ1) is 7.15. The molecular formula is C14H14O. The van der Waals surface area contributed by atoms with Crippen LogP contribution >= 0.6 is 0 Å². The summed E-state index contributed by atoms with van der Waals surface area (Å²) in [6.07, 6.45) is 1.78. The lowest BCUT2D eigenvalue weighted by atomic mass is 9.94. The molecule has 1 aromatic rings. The van der Waals surface area contributed by atoms with Gasteiger partial charge in [0.25, 0.3) is 0 Å². The Hall–Kier alpha value is -1.76. The zero-order valence-electron chi connectivity index (χ0n) is 8.97. The third kappa shape index (κ3) is 1.40. The van der Waals surface area contributed by atoms with Gasteiger partial charge in [-0.25, -0.2) is 0 Å². The molecule has 1 aliphatic rings. The van der Waals surface area contributed by atoms with Gasteiger partial charge < -0.3 is 4.74 Å². The fraction of sp³-hybridized carbons (Fsp3) is 0.143. The average Bonchev–Trinajstić information content (AvgIpc) is 2.61. The van der Waals surface area contributed by atoms with Crippen molar-refractivity contribution in [1.82, 2.24) is 0 Å². The number of rotatable bonds is 2. The van der Waals surface area contributed by atoms with Crippen molar-refractivity contribution in [3.05, 3.63) is 60.2 Å². The van der Waals surface area contributed by atoms with Crippen LogP contribution in [0.3, 0.4) is 0 Å². The molecule has 0 aromatic heterocycles. The van der Waals surface area contributed by atoms with Crippen molar-refractivity contribution in [3.63, 3.8) is 0 Å². The van der Waals surface area contributed by atoms with Crippen LogP contribution in [0.4, 0.5) is 0 Å². The number of hydrogen-bond acceptors (Lipinski definition) is 1. The van der Waals surface area contributed by atoms with Crippen molar-refractivity contribution >= 4 is 11.3 Å². The van der Waals surface area contributed by atoms with Gasteiger partial charge in [-0.2, -0.15) is 0 Å². The van der Waals surface area contributed by atoms with Gasteiger partial charge in [0.05, 0.1) is 0 Å². The maximum absolute atomic E-state index is 5.42. The van der Waals surface area contributed by atoms with Gasteiger partial charge in [-0.05, 0) is 23.6 Å².